The number of hydrogen-bond acceptors (Lipinski definition) is 4. The maximum atomic E-state index is 7.23. The maximum Gasteiger partial charge on any atom is 0.167 e. The molecule has 0 aliphatic heterocycles. The second-order valence-electron chi connectivity index (χ2n) is 15.9. The summed E-state index contributed by atoms with van der Waals surface area (Å²) in [6.45, 7) is 0. The highest BCUT2D eigenvalue weighted by Crippen LogP contribution is 2.46. The molecule has 0 spiro atoms. The van der Waals surface area contributed by atoms with Crippen molar-refractivity contribution < 1.29 is 4.42 Å². The van der Waals surface area contributed by atoms with Crippen LogP contribution in [0.1, 0.15) is 0 Å². The fourth-order valence-corrected chi connectivity index (χ4v) is 9.64. The van der Waals surface area contributed by atoms with Gasteiger partial charge in [-0.2, -0.15) is 0 Å². The zero-order valence-corrected chi connectivity index (χ0v) is 33.9. The minimum absolute atomic E-state index is 0.554. The first-order valence-corrected chi connectivity index (χ1v) is 21.2. The number of nitrogens with zero attached hydrogens (tertiary/aromatic N) is 5. The van der Waals surface area contributed by atoms with Crippen LogP contribution in [0.15, 0.2) is 217 Å². The molecule has 13 rings (SSSR count). The van der Waals surface area contributed by atoms with E-state index in [0.717, 1.165) is 77.3 Å². The van der Waals surface area contributed by atoms with Crippen LogP contribution in [0.5, 0.6) is 0 Å². The summed E-state index contributed by atoms with van der Waals surface area (Å²) in [5.74, 6) is 1.76. The molecule has 63 heavy (non-hydrogen) atoms. The third-order valence-electron chi connectivity index (χ3n) is 12.4. The van der Waals surface area contributed by atoms with E-state index in [4.69, 9.17) is 19.4 Å². The molecule has 6 nitrogen and oxygen atoms in total. The molecule has 0 aliphatic carbocycles. The molecule has 0 saturated carbocycles. The van der Waals surface area contributed by atoms with Crippen LogP contribution in [0.4, 0.5) is 0 Å². The minimum atomic E-state index is 0.554. The SMILES string of the molecule is c1ccc(-c2nc(-c3ccccc3)nc(-c3cccc4c3oc3c4ccc4c3c3cccc(-n5c6ccccc6c6cccc(-c7ccccc7)c65)c3n4-c3ccccc3)n2)cc1. The Morgan fingerprint density at radius 1 is 0.317 bits per heavy atom. The molecule has 0 saturated heterocycles. The molecule has 0 bridgehead atoms. The highest BCUT2D eigenvalue weighted by molar-refractivity contribution is 6.26. The van der Waals surface area contributed by atoms with Crippen molar-refractivity contribution in [1.82, 2.24) is 24.1 Å². The van der Waals surface area contributed by atoms with E-state index in [1.165, 1.54) is 27.4 Å². The third kappa shape index (κ3) is 5.41. The molecule has 0 radical (unpaired) electrons. The Hall–Kier alpha value is -8.61. The standard InChI is InChI=1S/C57H35N5O/c1-5-18-36(19-6-1)40-27-15-28-42-41-26-13-14-32-47(41)62(51(40)42)49-33-17-30-45-50-48(61(52(45)49)39-24-11-4-12-25-39)35-34-44-43-29-16-31-46(53(43)63-54(44)50)57-59-55(37-20-7-2-8-21-37)58-56(60-57)38-22-9-3-10-23-38/h1-35H. The number of rotatable bonds is 6. The average molecular weight is 806 g/mol. The van der Waals surface area contributed by atoms with Gasteiger partial charge in [0.1, 0.15) is 11.2 Å². The van der Waals surface area contributed by atoms with E-state index in [0.29, 0.717) is 17.5 Å². The molecule has 0 unspecified atom stereocenters. The Labute approximate surface area is 361 Å². The smallest absolute Gasteiger partial charge is 0.167 e. The predicted molar refractivity (Wildman–Crippen MR) is 258 cm³/mol. The molecule has 0 amide bonds. The van der Waals surface area contributed by atoms with Gasteiger partial charge in [0.25, 0.3) is 0 Å². The van der Waals surface area contributed by atoms with Crippen molar-refractivity contribution in [1.29, 1.82) is 0 Å². The van der Waals surface area contributed by atoms with Gasteiger partial charge < -0.3 is 13.6 Å². The number of fused-ring (bicyclic) bond motifs is 10. The summed E-state index contributed by atoms with van der Waals surface area (Å²) in [7, 11) is 0. The first-order valence-electron chi connectivity index (χ1n) is 21.2. The summed E-state index contributed by atoms with van der Waals surface area (Å²) >= 11 is 0. The molecule has 0 fully saturated rings. The number of furan rings is 1. The van der Waals surface area contributed by atoms with Crippen LogP contribution < -0.4 is 0 Å². The van der Waals surface area contributed by atoms with Crippen LogP contribution in [0.25, 0.3) is 122 Å². The summed E-state index contributed by atoms with van der Waals surface area (Å²) in [4.78, 5) is 15.2. The molecular weight excluding hydrogens is 771 g/mol. The van der Waals surface area contributed by atoms with Crippen molar-refractivity contribution in [2.45, 2.75) is 0 Å². The zero-order chi connectivity index (χ0) is 41.4. The average Bonchev–Trinajstić information content (AvgIpc) is 4.03. The first kappa shape index (κ1) is 35.2. The fraction of sp³-hybridized carbons (Fsp3) is 0. The monoisotopic (exact) mass is 805 g/mol. The van der Waals surface area contributed by atoms with E-state index in [1.807, 2.05) is 60.7 Å². The van der Waals surface area contributed by atoms with Crippen molar-refractivity contribution >= 4 is 65.6 Å². The molecule has 9 aromatic carbocycles. The van der Waals surface area contributed by atoms with Crippen LogP contribution in [0.3, 0.4) is 0 Å². The summed E-state index contributed by atoms with van der Waals surface area (Å²) < 4.78 is 12.1. The van der Waals surface area contributed by atoms with Crippen molar-refractivity contribution in [3.8, 4) is 56.7 Å². The van der Waals surface area contributed by atoms with Crippen molar-refractivity contribution in [3.63, 3.8) is 0 Å². The third-order valence-corrected chi connectivity index (χ3v) is 12.4. The molecule has 0 aliphatic rings. The molecule has 294 valence electrons. The first-order chi connectivity index (χ1) is 31.3. The number of aromatic nitrogens is 5. The van der Waals surface area contributed by atoms with E-state index in [9.17, 15) is 0 Å². The summed E-state index contributed by atoms with van der Waals surface area (Å²) in [5.41, 5.74) is 13.2. The predicted octanol–water partition coefficient (Wildman–Crippen LogP) is 14.6. The lowest BCUT2D eigenvalue weighted by atomic mass is 10.0. The van der Waals surface area contributed by atoms with E-state index in [1.54, 1.807) is 0 Å². The normalized spacial score (nSPS) is 11.8. The number of para-hydroxylation sites is 5. The molecule has 0 N–H and O–H groups in total. The van der Waals surface area contributed by atoms with Crippen molar-refractivity contribution in [2.75, 3.05) is 0 Å². The van der Waals surface area contributed by atoms with Gasteiger partial charge in [0, 0.05) is 49.3 Å². The molecule has 4 heterocycles. The summed E-state index contributed by atoms with van der Waals surface area (Å²) in [6, 6.07) is 74.4. The largest absolute Gasteiger partial charge is 0.455 e. The molecular formula is C57H35N5O. The van der Waals surface area contributed by atoms with Gasteiger partial charge in [-0.05, 0) is 48.0 Å². The van der Waals surface area contributed by atoms with Crippen LogP contribution in [-0.2, 0) is 0 Å². The highest BCUT2D eigenvalue weighted by Gasteiger charge is 2.25. The second-order valence-corrected chi connectivity index (χ2v) is 15.9. The van der Waals surface area contributed by atoms with E-state index < -0.39 is 0 Å². The van der Waals surface area contributed by atoms with Gasteiger partial charge in [0.05, 0.1) is 38.7 Å². The topological polar surface area (TPSA) is 61.7 Å². The zero-order valence-electron chi connectivity index (χ0n) is 33.9. The van der Waals surface area contributed by atoms with Gasteiger partial charge in [0.2, 0.25) is 0 Å². The van der Waals surface area contributed by atoms with Crippen LogP contribution in [-0.4, -0.2) is 24.1 Å². The lowest BCUT2D eigenvalue weighted by molar-refractivity contribution is 0.673. The lowest BCUT2D eigenvalue weighted by Gasteiger charge is -2.16. The van der Waals surface area contributed by atoms with Crippen molar-refractivity contribution in [3.05, 3.63) is 212 Å². The maximum absolute atomic E-state index is 7.23. The van der Waals surface area contributed by atoms with Gasteiger partial charge in [-0.15, -0.1) is 0 Å². The summed E-state index contributed by atoms with van der Waals surface area (Å²) in [6.07, 6.45) is 0. The molecule has 13 aromatic rings. The number of hydrogen-bond donors (Lipinski definition) is 0. The molecule has 4 aromatic heterocycles. The molecule has 6 heteroatoms. The van der Waals surface area contributed by atoms with E-state index >= 15 is 0 Å². The van der Waals surface area contributed by atoms with Crippen molar-refractivity contribution in [2.24, 2.45) is 0 Å². The Balaban J connectivity index is 1.12. The quantitative estimate of drug-likeness (QED) is 0.168. The number of benzene rings is 9. The minimum Gasteiger partial charge on any atom is -0.455 e. The van der Waals surface area contributed by atoms with Gasteiger partial charge in [-0.25, -0.2) is 15.0 Å². The van der Waals surface area contributed by atoms with Gasteiger partial charge in [0.15, 0.2) is 17.5 Å². The van der Waals surface area contributed by atoms with E-state index in [2.05, 4.69) is 161 Å². The summed E-state index contributed by atoms with van der Waals surface area (Å²) in [5, 5.41) is 6.59. The molecule has 0 atom stereocenters. The second kappa shape index (κ2) is 14.0. The van der Waals surface area contributed by atoms with Gasteiger partial charge >= 0.3 is 0 Å². The Bertz CT molecular complexity index is 3830. The lowest BCUT2D eigenvalue weighted by Crippen LogP contribution is -2.01. The Morgan fingerprint density at radius 3 is 1.57 bits per heavy atom. The Morgan fingerprint density at radius 2 is 0.857 bits per heavy atom. The van der Waals surface area contributed by atoms with Crippen LogP contribution in [0.2, 0.25) is 0 Å². The Kier molecular flexibility index (Phi) is 7.80. The fourth-order valence-electron chi connectivity index (χ4n) is 9.64. The van der Waals surface area contributed by atoms with Gasteiger partial charge in [-0.3, -0.25) is 0 Å². The van der Waals surface area contributed by atoms with Crippen LogP contribution >= 0.6 is 0 Å². The van der Waals surface area contributed by atoms with Gasteiger partial charge in [-0.1, -0.05) is 170 Å². The van der Waals surface area contributed by atoms with E-state index in [-0.39, 0.29) is 0 Å². The van der Waals surface area contributed by atoms with Crippen LogP contribution in [0, 0.1) is 0 Å². The highest BCUT2D eigenvalue weighted by atomic mass is 16.3.